The van der Waals surface area contributed by atoms with Crippen LogP contribution in [0.15, 0.2) is 30.3 Å². The van der Waals surface area contributed by atoms with Gasteiger partial charge < -0.3 is 21.3 Å². The van der Waals surface area contributed by atoms with Gasteiger partial charge in [-0.2, -0.15) is 0 Å². The molecule has 1 aliphatic carbocycles. The molecule has 2 unspecified atom stereocenters. The Hall–Kier alpha value is -3.56. The molecule has 1 aromatic carbocycles. The second kappa shape index (κ2) is 12.1. The Morgan fingerprint density at radius 1 is 1.05 bits per heavy atom. The molecule has 2 aliphatic rings. The monoisotopic (exact) mass is 514 g/mol. The minimum absolute atomic E-state index is 0.00481. The summed E-state index contributed by atoms with van der Waals surface area (Å²) in [6, 6.07) is 3.34. The minimum Gasteiger partial charge on any atom is -0.356 e. The second-order valence-corrected chi connectivity index (χ2v) is 10.9. The van der Waals surface area contributed by atoms with Crippen molar-refractivity contribution in [2.75, 3.05) is 6.54 Å². The van der Waals surface area contributed by atoms with Gasteiger partial charge in [0.05, 0.1) is 6.04 Å². The van der Waals surface area contributed by atoms with Crippen molar-refractivity contribution in [3.05, 3.63) is 41.7 Å². The first kappa shape index (κ1) is 28.0. The molecule has 1 saturated carbocycles. The van der Waals surface area contributed by atoms with Crippen LogP contribution < -0.4 is 21.3 Å². The molecule has 200 valence electrons. The Bertz CT molecular complexity index is 1060. The molecule has 1 aliphatic heterocycles. The number of benzene rings is 1. The molecule has 3 rings (SSSR count). The topological polar surface area (TPSA) is 133 Å². The molecule has 0 radical (unpaired) electrons. The lowest BCUT2D eigenvalue weighted by Crippen LogP contribution is -2.55. The van der Waals surface area contributed by atoms with E-state index in [9.17, 15) is 28.4 Å². The molecule has 1 aromatic rings. The molecule has 4 amide bonds. The highest BCUT2D eigenvalue weighted by molar-refractivity contribution is 6.38. The maximum absolute atomic E-state index is 13.3. The van der Waals surface area contributed by atoms with Gasteiger partial charge in [-0.1, -0.05) is 32.9 Å². The third-order valence-corrected chi connectivity index (χ3v) is 6.20. The van der Waals surface area contributed by atoms with Crippen molar-refractivity contribution in [3.8, 4) is 0 Å². The van der Waals surface area contributed by atoms with Gasteiger partial charge in [-0.05, 0) is 61.3 Å². The van der Waals surface area contributed by atoms with E-state index in [1.54, 1.807) is 0 Å². The summed E-state index contributed by atoms with van der Waals surface area (Å²) in [5.74, 6) is -3.87. The second-order valence-electron chi connectivity index (χ2n) is 10.9. The van der Waals surface area contributed by atoms with Crippen LogP contribution in [-0.2, 0) is 24.0 Å². The number of halogens is 1. The maximum Gasteiger partial charge on any atom is 0.289 e. The van der Waals surface area contributed by atoms with Crippen molar-refractivity contribution >= 4 is 35.5 Å². The summed E-state index contributed by atoms with van der Waals surface area (Å²) in [6.45, 7) is 6.18. The lowest BCUT2D eigenvalue weighted by molar-refractivity contribution is -0.141. The van der Waals surface area contributed by atoms with Crippen LogP contribution >= 0.6 is 0 Å². The highest BCUT2D eigenvalue weighted by Crippen LogP contribution is 2.23. The molecule has 9 nitrogen and oxygen atoms in total. The Balaban J connectivity index is 1.72. The molecule has 3 atom stereocenters. The van der Waals surface area contributed by atoms with Crippen molar-refractivity contribution in [1.29, 1.82) is 0 Å². The number of hydrogen-bond acceptors (Lipinski definition) is 5. The number of Topliss-reactive ketones (excluding diaryl/α,β-unsaturated/α-hetero) is 1. The molecule has 0 bridgehead atoms. The van der Waals surface area contributed by atoms with Crippen LogP contribution in [0.25, 0.3) is 6.08 Å². The average molecular weight is 515 g/mol. The van der Waals surface area contributed by atoms with Gasteiger partial charge in [0.2, 0.25) is 23.5 Å². The van der Waals surface area contributed by atoms with E-state index in [0.717, 1.165) is 12.8 Å². The third-order valence-electron chi connectivity index (χ3n) is 6.20. The summed E-state index contributed by atoms with van der Waals surface area (Å²) in [7, 11) is 0. The van der Waals surface area contributed by atoms with Gasteiger partial charge >= 0.3 is 0 Å². The van der Waals surface area contributed by atoms with Gasteiger partial charge in [0.25, 0.3) is 5.91 Å². The molecule has 0 spiro atoms. The molecule has 1 heterocycles. The Labute approximate surface area is 216 Å². The van der Waals surface area contributed by atoms with E-state index in [4.69, 9.17) is 0 Å². The number of amides is 4. The predicted molar refractivity (Wildman–Crippen MR) is 135 cm³/mol. The molecular weight excluding hydrogens is 479 g/mol. The van der Waals surface area contributed by atoms with Crippen molar-refractivity contribution in [2.45, 2.75) is 71.0 Å². The summed E-state index contributed by atoms with van der Waals surface area (Å²) in [6.07, 6.45) is 5.08. The average Bonchev–Trinajstić information content (AvgIpc) is 3.55. The summed E-state index contributed by atoms with van der Waals surface area (Å²) < 4.78 is 13.1. The molecule has 2 fully saturated rings. The van der Waals surface area contributed by atoms with Gasteiger partial charge in [0.15, 0.2) is 0 Å². The zero-order valence-corrected chi connectivity index (χ0v) is 21.4. The first-order valence-corrected chi connectivity index (χ1v) is 12.6. The van der Waals surface area contributed by atoms with Gasteiger partial charge in [0, 0.05) is 24.6 Å². The largest absolute Gasteiger partial charge is 0.356 e. The fraction of sp³-hybridized carbons (Fsp3) is 0.519. The van der Waals surface area contributed by atoms with Gasteiger partial charge in [0.1, 0.15) is 11.9 Å². The predicted octanol–water partition coefficient (Wildman–Crippen LogP) is 1.62. The fourth-order valence-corrected chi connectivity index (χ4v) is 4.09. The van der Waals surface area contributed by atoms with Gasteiger partial charge in [-0.15, -0.1) is 0 Å². The van der Waals surface area contributed by atoms with E-state index in [2.05, 4.69) is 21.3 Å². The van der Waals surface area contributed by atoms with Gasteiger partial charge in [-0.25, -0.2) is 4.39 Å². The summed E-state index contributed by atoms with van der Waals surface area (Å²) >= 11 is 0. The van der Waals surface area contributed by atoms with Crippen LogP contribution in [0, 0.1) is 17.2 Å². The highest BCUT2D eigenvalue weighted by atomic mass is 19.1. The minimum atomic E-state index is -1.20. The van der Waals surface area contributed by atoms with E-state index in [0.29, 0.717) is 18.5 Å². The summed E-state index contributed by atoms with van der Waals surface area (Å²) in [4.78, 5) is 63.5. The number of rotatable bonds is 11. The quantitative estimate of drug-likeness (QED) is 0.263. The molecule has 4 N–H and O–H groups in total. The lowest BCUT2D eigenvalue weighted by Gasteiger charge is -2.28. The first-order chi connectivity index (χ1) is 17.4. The molecule has 1 saturated heterocycles. The van der Waals surface area contributed by atoms with E-state index in [-0.39, 0.29) is 30.2 Å². The maximum atomic E-state index is 13.3. The van der Waals surface area contributed by atoms with Crippen LogP contribution in [0.4, 0.5) is 4.39 Å². The summed E-state index contributed by atoms with van der Waals surface area (Å²) in [5, 5.41) is 10.6. The standard InChI is InChI=1S/C27H35FN4O5/c1-27(2,3)15-21(31-22(33)11-6-16-4-7-18(28)8-5-16)25(36)32-20(14-17-12-13-29-24(17)35)23(34)26(37)30-19-9-10-19/h4-8,11,17,19-21H,9-10,12-15H2,1-3H3,(H,29,35)(H,30,37)(H,31,33)(H,32,36)/b11-6+/t17?,20?,21-/m0/s1. The van der Waals surface area contributed by atoms with E-state index in [1.165, 1.54) is 36.4 Å². The zero-order chi connectivity index (χ0) is 27.2. The Morgan fingerprint density at radius 2 is 1.73 bits per heavy atom. The number of nitrogens with one attached hydrogen (secondary N) is 4. The Kier molecular flexibility index (Phi) is 9.18. The molecular formula is C27H35FN4O5. The first-order valence-electron chi connectivity index (χ1n) is 12.6. The van der Waals surface area contributed by atoms with Crippen LogP contribution in [0.5, 0.6) is 0 Å². The molecule has 10 heteroatoms. The zero-order valence-electron chi connectivity index (χ0n) is 21.4. The molecule has 0 aromatic heterocycles. The fourth-order valence-electron chi connectivity index (χ4n) is 4.09. The smallest absolute Gasteiger partial charge is 0.289 e. The number of carbonyl (C=O) groups excluding carboxylic acids is 5. The van der Waals surface area contributed by atoms with E-state index >= 15 is 0 Å². The van der Waals surface area contributed by atoms with Crippen molar-refractivity contribution < 1.29 is 28.4 Å². The normalized spacial score (nSPS) is 19.1. The van der Waals surface area contributed by atoms with Crippen LogP contribution in [-0.4, -0.2) is 54.1 Å². The van der Waals surface area contributed by atoms with E-state index < -0.39 is 47.3 Å². The molecule has 37 heavy (non-hydrogen) atoms. The van der Waals surface area contributed by atoms with Crippen molar-refractivity contribution in [1.82, 2.24) is 21.3 Å². The van der Waals surface area contributed by atoms with Crippen molar-refractivity contribution in [2.24, 2.45) is 11.3 Å². The SMILES string of the molecule is CC(C)(C)C[C@H](NC(=O)/C=C/c1ccc(F)cc1)C(=O)NC(CC1CCNC1=O)C(=O)C(=O)NC1CC1. The summed E-state index contributed by atoms with van der Waals surface area (Å²) in [5.41, 5.74) is 0.250. The van der Waals surface area contributed by atoms with Crippen LogP contribution in [0.3, 0.4) is 0 Å². The highest BCUT2D eigenvalue weighted by Gasteiger charge is 2.37. The number of carbonyl (C=O) groups is 5. The van der Waals surface area contributed by atoms with Crippen molar-refractivity contribution in [3.63, 3.8) is 0 Å². The van der Waals surface area contributed by atoms with E-state index in [1.807, 2.05) is 20.8 Å². The Morgan fingerprint density at radius 3 is 2.30 bits per heavy atom. The number of hydrogen-bond donors (Lipinski definition) is 4. The number of ketones is 1. The van der Waals surface area contributed by atoms with Gasteiger partial charge in [-0.3, -0.25) is 24.0 Å². The van der Waals surface area contributed by atoms with Crippen LogP contribution in [0.1, 0.15) is 58.4 Å². The third kappa shape index (κ3) is 9.11. The lowest BCUT2D eigenvalue weighted by atomic mass is 9.87. The van der Waals surface area contributed by atoms with Crippen LogP contribution in [0.2, 0.25) is 0 Å².